The van der Waals surface area contributed by atoms with E-state index in [0.29, 0.717) is 6.04 Å². The summed E-state index contributed by atoms with van der Waals surface area (Å²) in [5.41, 5.74) is 6.16. The molecule has 0 spiro atoms. The quantitative estimate of drug-likeness (QED) is 0.758. The molecule has 0 saturated heterocycles. The van der Waals surface area contributed by atoms with Gasteiger partial charge in [-0.3, -0.25) is 0 Å². The Bertz CT molecular complexity index is 170. The normalized spacial score (nSPS) is 29.4. The molecule has 15 heavy (non-hydrogen) atoms. The second-order valence-corrected chi connectivity index (χ2v) is 5.44. The fraction of sp³-hybridized carbons (Fsp3) is 1.00. The molecule has 0 heterocycles. The number of hydrogen-bond acceptors (Lipinski definition) is 2. The first-order valence-corrected chi connectivity index (χ1v) is 6.57. The molecule has 1 aliphatic carbocycles. The van der Waals surface area contributed by atoms with E-state index < -0.39 is 0 Å². The van der Waals surface area contributed by atoms with Crippen molar-refractivity contribution in [1.82, 2.24) is 4.90 Å². The SMILES string of the molecule is CCC(C)CN(C)CC1CCCCC1N. The first-order chi connectivity index (χ1) is 7.13. The van der Waals surface area contributed by atoms with E-state index in [0.717, 1.165) is 11.8 Å². The predicted molar refractivity (Wildman–Crippen MR) is 66.9 cm³/mol. The van der Waals surface area contributed by atoms with Gasteiger partial charge in [0.1, 0.15) is 0 Å². The Morgan fingerprint density at radius 2 is 2.00 bits per heavy atom. The van der Waals surface area contributed by atoms with Crippen molar-refractivity contribution in [1.29, 1.82) is 0 Å². The smallest absolute Gasteiger partial charge is 0.00793 e. The maximum atomic E-state index is 6.16. The number of hydrogen-bond donors (Lipinski definition) is 1. The molecule has 0 bridgehead atoms. The summed E-state index contributed by atoms with van der Waals surface area (Å²) in [6.45, 7) is 7.02. The molecular weight excluding hydrogens is 184 g/mol. The zero-order valence-corrected chi connectivity index (χ0v) is 10.7. The van der Waals surface area contributed by atoms with Crippen molar-refractivity contribution in [2.45, 2.75) is 52.0 Å². The molecular formula is C13H28N2. The van der Waals surface area contributed by atoms with Crippen LogP contribution in [-0.2, 0) is 0 Å². The van der Waals surface area contributed by atoms with Crippen molar-refractivity contribution < 1.29 is 0 Å². The van der Waals surface area contributed by atoms with E-state index in [1.165, 1.54) is 45.2 Å². The number of nitrogens with zero attached hydrogens (tertiary/aromatic N) is 1. The van der Waals surface area contributed by atoms with Gasteiger partial charge in [-0.15, -0.1) is 0 Å². The van der Waals surface area contributed by atoms with E-state index in [4.69, 9.17) is 5.73 Å². The zero-order chi connectivity index (χ0) is 11.3. The van der Waals surface area contributed by atoms with Gasteiger partial charge in [0.05, 0.1) is 0 Å². The predicted octanol–water partition coefficient (Wildman–Crippen LogP) is 2.48. The van der Waals surface area contributed by atoms with Crippen molar-refractivity contribution >= 4 is 0 Å². The van der Waals surface area contributed by atoms with Crippen LogP contribution in [0.25, 0.3) is 0 Å². The van der Waals surface area contributed by atoms with Crippen molar-refractivity contribution in [3.05, 3.63) is 0 Å². The molecule has 2 heteroatoms. The summed E-state index contributed by atoms with van der Waals surface area (Å²) in [7, 11) is 2.24. The van der Waals surface area contributed by atoms with Gasteiger partial charge >= 0.3 is 0 Å². The minimum atomic E-state index is 0.457. The summed E-state index contributed by atoms with van der Waals surface area (Å²) in [4.78, 5) is 2.48. The van der Waals surface area contributed by atoms with Crippen LogP contribution in [-0.4, -0.2) is 31.1 Å². The molecule has 1 saturated carbocycles. The summed E-state index contributed by atoms with van der Waals surface area (Å²) < 4.78 is 0. The van der Waals surface area contributed by atoms with Gasteiger partial charge < -0.3 is 10.6 Å². The maximum Gasteiger partial charge on any atom is 0.00793 e. The Morgan fingerprint density at radius 3 is 2.60 bits per heavy atom. The highest BCUT2D eigenvalue weighted by Crippen LogP contribution is 2.23. The van der Waals surface area contributed by atoms with Gasteiger partial charge in [0.25, 0.3) is 0 Å². The molecule has 0 amide bonds. The first-order valence-electron chi connectivity index (χ1n) is 6.57. The highest BCUT2D eigenvalue weighted by Gasteiger charge is 2.22. The van der Waals surface area contributed by atoms with Gasteiger partial charge in [0, 0.05) is 19.1 Å². The Morgan fingerprint density at radius 1 is 1.33 bits per heavy atom. The van der Waals surface area contributed by atoms with Crippen LogP contribution in [0.4, 0.5) is 0 Å². The topological polar surface area (TPSA) is 29.3 Å². The van der Waals surface area contributed by atoms with Crippen molar-refractivity contribution in [3.8, 4) is 0 Å². The third-order valence-electron chi connectivity index (χ3n) is 3.83. The van der Waals surface area contributed by atoms with Crippen LogP contribution in [0.5, 0.6) is 0 Å². The third-order valence-corrected chi connectivity index (χ3v) is 3.83. The monoisotopic (exact) mass is 212 g/mol. The van der Waals surface area contributed by atoms with Crippen LogP contribution in [0.2, 0.25) is 0 Å². The van der Waals surface area contributed by atoms with Crippen molar-refractivity contribution in [2.24, 2.45) is 17.6 Å². The number of rotatable bonds is 5. The number of nitrogens with two attached hydrogens (primary N) is 1. The summed E-state index contributed by atoms with van der Waals surface area (Å²) in [5.74, 6) is 1.56. The highest BCUT2D eigenvalue weighted by atomic mass is 15.1. The standard InChI is InChI=1S/C13H28N2/c1-4-11(2)9-15(3)10-12-7-5-6-8-13(12)14/h11-13H,4-10,14H2,1-3H3. The van der Waals surface area contributed by atoms with Crippen LogP contribution in [0.3, 0.4) is 0 Å². The average Bonchev–Trinajstić information content (AvgIpc) is 2.21. The Labute approximate surface area is 95.2 Å². The van der Waals surface area contributed by atoms with E-state index in [-0.39, 0.29) is 0 Å². The maximum absolute atomic E-state index is 6.16. The molecule has 1 fully saturated rings. The molecule has 1 aliphatic rings. The summed E-state index contributed by atoms with van der Waals surface area (Å²) in [6, 6.07) is 0.457. The molecule has 0 aromatic rings. The lowest BCUT2D eigenvalue weighted by Gasteiger charge is -2.32. The van der Waals surface area contributed by atoms with Crippen LogP contribution in [0.1, 0.15) is 46.0 Å². The minimum Gasteiger partial charge on any atom is -0.327 e. The van der Waals surface area contributed by atoms with Crippen LogP contribution < -0.4 is 5.73 Å². The van der Waals surface area contributed by atoms with E-state index >= 15 is 0 Å². The lowest BCUT2D eigenvalue weighted by molar-refractivity contribution is 0.193. The van der Waals surface area contributed by atoms with Gasteiger partial charge in [-0.2, -0.15) is 0 Å². The van der Waals surface area contributed by atoms with Crippen LogP contribution in [0.15, 0.2) is 0 Å². The largest absolute Gasteiger partial charge is 0.327 e. The molecule has 3 atom stereocenters. The third kappa shape index (κ3) is 4.52. The Balaban J connectivity index is 2.26. The molecule has 3 unspecified atom stereocenters. The molecule has 1 rings (SSSR count). The minimum absolute atomic E-state index is 0.457. The van der Waals surface area contributed by atoms with Crippen LogP contribution in [0, 0.1) is 11.8 Å². The first kappa shape index (κ1) is 13.0. The van der Waals surface area contributed by atoms with Gasteiger partial charge in [0.2, 0.25) is 0 Å². The van der Waals surface area contributed by atoms with Gasteiger partial charge in [0.15, 0.2) is 0 Å². The van der Waals surface area contributed by atoms with Gasteiger partial charge in [-0.05, 0) is 31.7 Å². The van der Waals surface area contributed by atoms with Gasteiger partial charge in [-0.1, -0.05) is 33.1 Å². The molecule has 0 aromatic carbocycles. The van der Waals surface area contributed by atoms with Crippen molar-refractivity contribution in [2.75, 3.05) is 20.1 Å². The summed E-state index contributed by atoms with van der Waals surface area (Å²) in [6.07, 6.45) is 6.58. The molecule has 2 nitrogen and oxygen atoms in total. The van der Waals surface area contributed by atoms with Crippen LogP contribution >= 0.6 is 0 Å². The second-order valence-electron chi connectivity index (χ2n) is 5.44. The lowest BCUT2D eigenvalue weighted by atomic mass is 9.84. The summed E-state index contributed by atoms with van der Waals surface area (Å²) >= 11 is 0. The Kier molecular flexibility index (Phi) is 5.62. The van der Waals surface area contributed by atoms with E-state index in [2.05, 4.69) is 25.8 Å². The molecule has 2 N–H and O–H groups in total. The fourth-order valence-electron chi connectivity index (χ4n) is 2.60. The van der Waals surface area contributed by atoms with Crippen molar-refractivity contribution in [3.63, 3.8) is 0 Å². The molecule has 0 aromatic heterocycles. The second kappa shape index (κ2) is 6.49. The summed E-state index contributed by atoms with van der Waals surface area (Å²) in [5, 5.41) is 0. The zero-order valence-electron chi connectivity index (χ0n) is 10.7. The average molecular weight is 212 g/mol. The van der Waals surface area contributed by atoms with E-state index in [9.17, 15) is 0 Å². The van der Waals surface area contributed by atoms with E-state index in [1.54, 1.807) is 0 Å². The van der Waals surface area contributed by atoms with Gasteiger partial charge in [-0.25, -0.2) is 0 Å². The lowest BCUT2D eigenvalue weighted by Crippen LogP contribution is -2.41. The van der Waals surface area contributed by atoms with E-state index in [1.807, 2.05) is 0 Å². The fourth-order valence-corrected chi connectivity index (χ4v) is 2.60. The Hall–Kier alpha value is -0.0800. The molecule has 0 aliphatic heterocycles. The highest BCUT2D eigenvalue weighted by molar-refractivity contribution is 4.80. The molecule has 0 radical (unpaired) electrons. The molecule has 90 valence electrons.